The molecule has 2 radical (unpaired) electrons. The normalized spacial score (nSPS) is 18.7. The maximum absolute atomic E-state index is 2.94. The first-order valence-electron chi connectivity index (χ1n) is 1.72. The van der Waals surface area contributed by atoms with Gasteiger partial charge in [0.05, 0.1) is 0 Å². The second kappa shape index (κ2) is 2.22. The predicted octanol–water partition coefficient (Wildman–Crippen LogP) is 0.813. The Hall–Kier alpha value is -0.000519. The van der Waals surface area contributed by atoms with Crippen molar-refractivity contribution < 1.29 is 0 Å². The van der Waals surface area contributed by atoms with Crippen molar-refractivity contribution in [1.82, 2.24) is 0 Å². The molecule has 0 atom stereocenters. The molecule has 0 saturated heterocycles. The van der Waals surface area contributed by atoms with E-state index in [-0.39, 0.29) is 0 Å². The number of allylic oxidation sites excluding steroid dienone is 2. The Kier molecular flexibility index (Phi) is 1.54. The van der Waals surface area contributed by atoms with Crippen molar-refractivity contribution in [3.63, 3.8) is 0 Å². The summed E-state index contributed by atoms with van der Waals surface area (Å²) in [6, 6.07) is 0. The van der Waals surface area contributed by atoms with Crippen LogP contribution in [0.4, 0.5) is 0 Å². The third kappa shape index (κ3) is 1.000. The first-order valence-corrected chi connectivity index (χ1v) is 3.69. The molecule has 0 unspecified atom stereocenters. The third-order valence-corrected chi connectivity index (χ3v) is 1.72. The van der Waals surface area contributed by atoms with Crippen LogP contribution in [0.25, 0.3) is 0 Å². The van der Waals surface area contributed by atoms with Crippen LogP contribution in [0.2, 0.25) is 0 Å². The molecule has 0 spiro atoms. The van der Waals surface area contributed by atoms with Gasteiger partial charge in [-0.25, -0.2) is 0 Å². The zero-order chi connectivity index (χ0) is 4.24. The number of hydrogen-bond donors (Lipinski definition) is 0. The van der Waals surface area contributed by atoms with Crippen molar-refractivity contribution in [1.29, 1.82) is 0 Å². The second-order valence-corrected chi connectivity index (χ2v) is 2.62. The van der Waals surface area contributed by atoms with Gasteiger partial charge >= 0.3 is 43.5 Å². The zero-order valence-electron chi connectivity index (χ0n) is 3.22. The van der Waals surface area contributed by atoms with Crippen molar-refractivity contribution in [3.8, 4) is 0 Å². The topological polar surface area (TPSA) is 0 Å². The van der Waals surface area contributed by atoms with Crippen molar-refractivity contribution in [3.05, 3.63) is 28.5 Å². The first kappa shape index (κ1) is 4.17. The van der Waals surface area contributed by atoms with E-state index in [1.54, 1.807) is 0 Å². The van der Waals surface area contributed by atoms with E-state index < -0.39 is 0 Å². The summed E-state index contributed by atoms with van der Waals surface area (Å²) in [5.74, 6) is 0. The van der Waals surface area contributed by atoms with Crippen molar-refractivity contribution in [2.24, 2.45) is 0 Å². The van der Waals surface area contributed by atoms with Crippen LogP contribution in [0.5, 0.6) is 0 Å². The summed E-state index contributed by atoms with van der Waals surface area (Å²) in [5, 5.41) is 0. The summed E-state index contributed by atoms with van der Waals surface area (Å²) in [6.45, 7) is 0. The molecule has 1 heterocycles. The van der Waals surface area contributed by atoms with Crippen molar-refractivity contribution >= 4 is 15.0 Å². The van der Waals surface area contributed by atoms with Crippen LogP contribution in [0, 0.1) is 6.42 Å². The van der Waals surface area contributed by atoms with Gasteiger partial charge in [-0.15, -0.1) is 0 Å². The average molecular weight is 143 g/mol. The van der Waals surface area contributed by atoms with Gasteiger partial charge in [0.25, 0.3) is 0 Å². The summed E-state index contributed by atoms with van der Waals surface area (Å²) in [7, 11) is 0. The van der Waals surface area contributed by atoms with E-state index in [0.29, 0.717) is 15.0 Å². The Morgan fingerprint density at radius 3 is 2.00 bits per heavy atom. The predicted molar refractivity (Wildman–Crippen MR) is 27.3 cm³/mol. The SMILES string of the molecule is [C]1C=C[Se]C=C1. The van der Waals surface area contributed by atoms with Gasteiger partial charge in [0.2, 0.25) is 0 Å². The molecule has 0 saturated carbocycles. The average Bonchev–Trinajstić information content (AvgIpc) is 1.72. The fraction of sp³-hybridized carbons (Fsp3) is 0. The van der Waals surface area contributed by atoms with E-state index in [1.165, 1.54) is 0 Å². The van der Waals surface area contributed by atoms with E-state index in [9.17, 15) is 0 Å². The quantitative estimate of drug-likeness (QED) is 0.440. The van der Waals surface area contributed by atoms with Crippen LogP contribution in [-0.2, 0) is 0 Å². The standard InChI is InChI=1S/C5H4Se/c1-2-4-6-5-3-1/h2-5H. The first-order chi connectivity index (χ1) is 3.00. The molecule has 1 aliphatic rings. The third-order valence-electron chi connectivity index (χ3n) is 0.486. The molecule has 0 fully saturated rings. The van der Waals surface area contributed by atoms with E-state index in [0.717, 1.165) is 0 Å². The summed E-state index contributed by atoms with van der Waals surface area (Å²) in [4.78, 5) is 4.26. The molecule has 0 N–H and O–H groups in total. The van der Waals surface area contributed by atoms with E-state index in [4.69, 9.17) is 0 Å². The van der Waals surface area contributed by atoms with Gasteiger partial charge in [0.15, 0.2) is 0 Å². The van der Waals surface area contributed by atoms with Crippen molar-refractivity contribution in [2.75, 3.05) is 0 Å². The summed E-state index contributed by atoms with van der Waals surface area (Å²) in [5.41, 5.74) is 0. The van der Waals surface area contributed by atoms with Gasteiger partial charge in [-0.05, 0) is 0 Å². The van der Waals surface area contributed by atoms with Crippen LogP contribution in [0.15, 0.2) is 22.1 Å². The fourth-order valence-electron chi connectivity index (χ4n) is 0.258. The van der Waals surface area contributed by atoms with Gasteiger partial charge < -0.3 is 0 Å². The van der Waals surface area contributed by atoms with Gasteiger partial charge in [0.1, 0.15) is 0 Å². The molecule has 0 aliphatic carbocycles. The minimum absolute atomic E-state index is 0.630. The van der Waals surface area contributed by atoms with Crippen LogP contribution in [-0.4, -0.2) is 15.0 Å². The van der Waals surface area contributed by atoms with Crippen LogP contribution < -0.4 is 0 Å². The molecule has 1 rings (SSSR count). The van der Waals surface area contributed by atoms with Crippen LogP contribution >= 0.6 is 0 Å². The Balaban J connectivity index is 2.40. The molecule has 0 aromatic heterocycles. The van der Waals surface area contributed by atoms with Gasteiger partial charge in [-0.3, -0.25) is 0 Å². The summed E-state index contributed by atoms with van der Waals surface area (Å²) in [6.07, 6.45) is 6.86. The van der Waals surface area contributed by atoms with Crippen LogP contribution in [0.1, 0.15) is 0 Å². The van der Waals surface area contributed by atoms with Gasteiger partial charge in [0, 0.05) is 0 Å². The fourth-order valence-corrected chi connectivity index (χ4v) is 1.11. The molecule has 30 valence electrons. The molecule has 0 nitrogen and oxygen atoms in total. The Labute approximate surface area is 44.1 Å². The summed E-state index contributed by atoms with van der Waals surface area (Å²) < 4.78 is 0. The Bertz CT molecular complexity index is 61.9. The molecule has 1 heteroatoms. The second-order valence-electron chi connectivity index (χ2n) is 0.908. The molecule has 0 bridgehead atoms. The molecular weight excluding hydrogens is 139 g/mol. The molecular formula is C5H4Se. The molecule has 0 aromatic rings. The van der Waals surface area contributed by atoms with E-state index in [2.05, 4.69) is 16.4 Å². The monoisotopic (exact) mass is 144 g/mol. The summed E-state index contributed by atoms with van der Waals surface area (Å²) >= 11 is 0.630. The number of hydrogen-bond acceptors (Lipinski definition) is 0. The number of rotatable bonds is 0. The van der Waals surface area contributed by atoms with Gasteiger partial charge in [-0.2, -0.15) is 0 Å². The molecule has 1 aliphatic heterocycles. The van der Waals surface area contributed by atoms with E-state index >= 15 is 0 Å². The van der Waals surface area contributed by atoms with Crippen LogP contribution in [0.3, 0.4) is 0 Å². The van der Waals surface area contributed by atoms with Crippen molar-refractivity contribution in [2.45, 2.75) is 0 Å². The molecule has 0 amide bonds. The zero-order valence-corrected chi connectivity index (χ0v) is 4.93. The van der Waals surface area contributed by atoms with Gasteiger partial charge in [-0.1, -0.05) is 0 Å². The Morgan fingerprint density at radius 1 is 1.17 bits per heavy atom. The maximum atomic E-state index is 2.94. The minimum atomic E-state index is 0.630. The molecule has 0 aromatic carbocycles. The van der Waals surface area contributed by atoms with E-state index in [1.807, 2.05) is 12.2 Å². The molecule has 6 heavy (non-hydrogen) atoms. The Morgan fingerprint density at radius 2 is 1.83 bits per heavy atom.